The smallest absolute Gasteiger partial charge is 0.244 e. The molecule has 0 fully saturated rings. The van der Waals surface area contributed by atoms with E-state index in [1.165, 1.54) is 0 Å². The van der Waals surface area contributed by atoms with Gasteiger partial charge in [-0.2, -0.15) is 10.1 Å². The Morgan fingerprint density at radius 2 is 1.91 bits per heavy atom. The Hall–Kier alpha value is -2.61. The van der Waals surface area contributed by atoms with Gasteiger partial charge >= 0.3 is 0 Å². The summed E-state index contributed by atoms with van der Waals surface area (Å²) in [6.45, 7) is 1.63. The van der Waals surface area contributed by atoms with Crippen LogP contribution in [0, 0.1) is 0 Å². The first-order chi connectivity index (χ1) is 11.1. The fraction of sp³-hybridized carbons (Fsp3) is 0.400. The number of nitrogens with one attached hydrogen (secondary N) is 2. The van der Waals surface area contributed by atoms with E-state index >= 15 is 0 Å². The van der Waals surface area contributed by atoms with Crippen LogP contribution in [0.15, 0.2) is 24.4 Å². The van der Waals surface area contributed by atoms with Crippen LogP contribution in [0.4, 0.5) is 17.5 Å². The van der Waals surface area contributed by atoms with Crippen LogP contribution in [-0.4, -0.2) is 61.5 Å². The molecule has 0 bridgehead atoms. The SMILES string of the molecule is COc1ccc(Nc2cnnc(NCCN(C)C)n2)cc1OC. The quantitative estimate of drug-likeness (QED) is 0.759. The largest absolute Gasteiger partial charge is 0.493 e. The first-order valence-electron chi connectivity index (χ1n) is 7.19. The zero-order valence-electron chi connectivity index (χ0n) is 13.8. The van der Waals surface area contributed by atoms with Gasteiger partial charge in [0.2, 0.25) is 5.95 Å². The molecule has 1 aromatic carbocycles. The highest BCUT2D eigenvalue weighted by atomic mass is 16.5. The standard InChI is InChI=1S/C15H22N6O2/c1-21(2)8-7-16-15-19-14(10-17-20-15)18-11-5-6-12(22-3)13(9-11)23-4/h5-6,9-10H,7-8H2,1-4H3,(H2,16,18,19,20). The fourth-order valence-electron chi connectivity index (χ4n) is 1.89. The van der Waals surface area contributed by atoms with Gasteiger partial charge < -0.3 is 25.0 Å². The number of hydrogen-bond donors (Lipinski definition) is 2. The van der Waals surface area contributed by atoms with E-state index in [4.69, 9.17) is 9.47 Å². The average Bonchev–Trinajstić information content (AvgIpc) is 2.54. The van der Waals surface area contributed by atoms with E-state index in [1.807, 2.05) is 32.3 Å². The number of nitrogens with zero attached hydrogens (tertiary/aromatic N) is 4. The number of hydrogen-bond acceptors (Lipinski definition) is 8. The lowest BCUT2D eigenvalue weighted by atomic mass is 10.2. The van der Waals surface area contributed by atoms with Crippen molar-refractivity contribution in [2.75, 3.05) is 52.0 Å². The molecule has 0 spiro atoms. The number of aromatic nitrogens is 3. The summed E-state index contributed by atoms with van der Waals surface area (Å²) in [5, 5.41) is 14.2. The second-order valence-electron chi connectivity index (χ2n) is 5.09. The van der Waals surface area contributed by atoms with Crippen LogP contribution >= 0.6 is 0 Å². The van der Waals surface area contributed by atoms with Crippen molar-refractivity contribution >= 4 is 17.5 Å². The van der Waals surface area contributed by atoms with Gasteiger partial charge in [-0.1, -0.05) is 0 Å². The molecule has 0 saturated carbocycles. The fourth-order valence-corrected chi connectivity index (χ4v) is 1.89. The molecule has 2 N–H and O–H groups in total. The molecule has 8 heteroatoms. The van der Waals surface area contributed by atoms with Crippen molar-refractivity contribution in [2.45, 2.75) is 0 Å². The summed E-state index contributed by atoms with van der Waals surface area (Å²) in [5.74, 6) is 2.39. The minimum atomic E-state index is 0.484. The van der Waals surface area contributed by atoms with Gasteiger partial charge in [0.1, 0.15) is 0 Å². The normalized spacial score (nSPS) is 10.5. The van der Waals surface area contributed by atoms with E-state index in [1.54, 1.807) is 20.4 Å². The Morgan fingerprint density at radius 1 is 1.13 bits per heavy atom. The molecule has 0 aliphatic carbocycles. The topological polar surface area (TPSA) is 84.4 Å². The van der Waals surface area contributed by atoms with Crippen molar-refractivity contribution in [1.82, 2.24) is 20.1 Å². The van der Waals surface area contributed by atoms with Crippen LogP contribution in [0.3, 0.4) is 0 Å². The molecular formula is C15H22N6O2. The molecule has 0 amide bonds. The molecule has 0 aliphatic heterocycles. The number of rotatable bonds is 8. The molecule has 0 saturated heterocycles. The number of anilines is 3. The van der Waals surface area contributed by atoms with Crippen molar-refractivity contribution in [3.05, 3.63) is 24.4 Å². The van der Waals surface area contributed by atoms with Crippen molar-refractivity contribution in [1.29, 1.82) is 0 Å². The lowest BCUT2D eigenvalue weighted by molar-refractivity contribution is 0.355. The Labute approximate surface area is 135 Å². The number of methoxy groups -OCH3 is 2. The van der Waals surface area contributed by atoms with Gasteiger partial charge in [-0.25, -0.2) is 0 Å². The molecule has 2 aromatic rings. The third-order valence-electron chi connectivity index (χ3n) is 3.06. The highest BCUT2D eigenvalue weighted by Gasteiger charge is 2.06. The summed E-state index contributed by atoms with van der Waals surface area (Å²) in [7, 11) is 7.22. The summed E-state index contributed by atoms with van der Waals surface area (Å²) < 4.78 is 10.5. The van der Waals surface area contributed by atoms with Crippen LogP contribution in [-0.2, 0) is 0 Å². The van der Waals surface area contributed by atoms with Crippen LogP contribution in [0.2, 0.25) is 0 Å². The highest BCUT2D eigenvalue weighted by Crippen LogP contribution is 2.30. The maximum Gasteiger partial charge on any atom is 0.244 e. The van der Waals surface area contributed by atoms with E-state index < -0.39 is 0 Å². The summed E-state index contributed by atoms with van der Waals surface area (Å²) in [6, 6.07) is 5.54. The summed E-state index contributed by atoms with van der Waals surface area (Å²) in [5.41, 5.74) is 0.822. The van der Waals surface area contributed by atoms with Crippen molar-refractivity contribution in [3.8, 4) is 11.5 Å². The molecule has 124 valence electrons. The Balaban J connectivity index is 2.05. The monoisotopic (exact) mass is 318 g/mol. The summed E-state index contributed by atoms with van der Waals surface area (Å²) in [6.07, 6.45) is 1.56. The molecule has 8 nitrogen and oxygen atoms in total. The molecule has 1 heterocycles. The second-order valence-corrected chi connectivity index (χ2v) is 5.09. The summed E-state index contributed by atoms with van der Waals surface area (Å²) in [4.78, 5) is 6.45. The van der Waals surface area contributed by atoms with Gasteiger partial charge in [0.25, 0.3) is 0 Å². The molecule has 23 heavy (non-hydrogen) atoms. The van der Waals surface area contributed by atoms with E-state index in [2.05, 4.69) is 30.7 Å². The van der Waals surface area contributed by atoms with Crippen LogP contribution in [0.25, 0.3) is 0 Å². The number of ether oxygens (including phenoxy) is 2. The zero-order chi connectivity index (χ0) is 16.7. The first-order valence-corrected chi connectivity index (χ1v) is 7.19. The minimum absolute atomic E-state index is 0.484. The number of likely N-dealkylation sites (N-methyl/N-ethyl adjacent to an activating group) is 1. The predicted molar refractivity (Wildman–Crippen MR) is 89.7 cm³/mol. The lowest BCUT2D eigenvalue weighted by Crippen LogP contribution is -2.21. The predicted octanol–water partition coefficient (Wildman–Crippen LogP) is 1.61. The van der Waals surface area contributed by atoms with Crippen molar-refractivity contribution in [2.24, 2.45) is 0 Å². The van der Waals surface area contributed by atoms with E-state index in [-0.39, 0.29) is 0 Å². The molecule has 0 aliphatic rings. The maximum atomic E-state index is 5.28. The van der Waals surface area contributed by atoms with E-state index in [9.17, 15) is 0 Å². The molecule has 0 unspecified atom stereocenters. The Bertz CT molecular complexity index is 635. The van der Waals surface area contributed by atoms with Crippen molar-refractivity contribution < 1.29 is 9.47 Å². The van der Waals surface area contributed by atoms with Gasteiger partial charge in [0.15, 0.2) is 17.3 Å². The van der Waals surface area contributed by atoms with Gasteiger partial charge in [-0.3, -0.25) is 0 Å². The number of benzene rings is 1. The lowest BCUT2D eigenvalue weighted by Gasteiger charge is -2.12. The van der Waals surface area contributed by atoms with Crippen LogP contribution in [0.1, 0.15) is 0 Å². The minimum Gasteiger partial charge on any atom is -0.493 e. The third-order valence-corrected chi connectivity index (χ3v) is 3.06. The van der Waals surface area contributed by atoms with Gasteiger partial charge in [0.05, 0.1) is 20.4 Å². The van der Waals surface area contributed by atoms with Gasteiger partial charge in [-0.05, 0) is 26.2 Å². The third kappa shape index (κ3) is 4.96. The average molecular weight is 318 g/mol. The van der Waals surface area contributed by atoms with E-state index in [0.29, 0.717) is 23.3 Å². The zero-order valence-corrected chi connectivity index (χ0v) is 13.8. The van der Waals surface area contributed by atoms with Crippen LogP contribution in [0.5, 0.6) is 11.5 Å². The first kappa shape index (κ1) is 16.8. The van der Waals surface area contributed by atoms with Crippen LogP contribution < -0.4 is 20.1 Å². The molecule has 0 radical (unpaired) electrons. The van der Waals surface area contributed by atoms with Gasteiger partial charge in [-0.15, -0.1) is 5.10 Å². The van der Waals surface area contributed by atoms with Gasteiger partial charge in [0, 0.05) is 24.8 Å². The Morgan fingerprint density at radius 3 is 2.61 bits per heavy atom. The molecular weight excluding hydrogens is 296 g/mol. The second kappa shape index (κ2) is 8.14. The highest BCUT2D eigenvalue weighted by molar-refractivity contribution is 5.61. The Kier molecular flexibility index (Phi) is 5.93. The summed E-state index contributed by atoms with van der Waals surface area (Å²) >= 11 is 0. The maximum absolute atomic E-state index is 5.28. The molecule has 2 rings (SSSR count). The molecule has 1 aromatic heterocycles. The van der Waals surface area contributed by atoms with Crippen molar-refractivity contribution in [3.63, 3.8) is 0 Å². The molecule has 0 atom stereocenters. The van der Waals surface area contributed by atoms with E-state index in [0.717, 1.165) is 18.8 Å².